The van der Waals surface area contributed by atoms with Crippen molar-refractivity contribution in [2.45, 2.75) is 25.1 Å². The summed E-state index contributed by atoms with van der Waals surface area (Å²) in [5.41, 5.74) is 0. The van der Waals surface area contributed by atoms with Gasteiger partial charge in [0.05, 0.1) is 6.20 Å². The van der Waals surface area contributed by atoms with Crippen LogP contribution in [0.2, 0.25) is 10.3 Å². The van der Waals surface area contributed by atoms with E-state index in [1.807, 2.05) is 11.8 Å². The van der Waals surface area contributed by atoms with Gasteiger partial charge in [-0.05, 0) is 18.5 Å². The Morgan fingerprint density at radius 2 is 2.19 bits per heavy atom. The van der Waals surface area contributed by atoms with Gasteiger partial charge < -0.3 is 4.90 Å². The number of hydrogen-bond donors (Lipinski definition) is 0. The molecule has 2 unspecified atom stereocenters. The van der Waals surface area contributed by atoms with Gasteiger partial charge in [0, 0.05) is 23.6 Å². The van der Waals surface area contributed by atoms with Crippen LogP contribution >= 0.6 is 35.0 Å². The molecule has 1 fully saturated rings. The number of aromatic nitrogens is 2. The molecule has 0 aliphatic carbocycles. The van der Waals surface area contributed by atoms with Gasteiger partial charge in [0.15, 0.2) is 5.82 Å². The minimum Gasteiger partial charge on any atom is -0.351 e. The molecular formula is C10H13Cl2N3S. The summed E-state index contributed by atoms with van der Waals surface area (Å²) < 4.78 is 0. The largest absolute Gasteiger partial charge is 0.351 e. The highest BCUT2D eigenvalue weighted by Crippen LogP contribution is 2.32. The molecule has 0 saturated carbocycles. The third-order valence-corrected chi connectivity index (χ3v) is 4.64. The number of anilines is 1. The zero-order valence-corrected chi connectivity index (χ0v) is 11.5. The first kappa shape index (κ1) is 12.3. The predicted octanol–water partition coefficient (Wildman–Crippen LogP) is 3.11. The van der Waals surface area contributed by atoms with Gasteiger partial charge in [-0.25, -0.2) is 4.98 Å². The lowest BCUT2D eigenvalue weighted by Gasteiger charge is -2.38. The lowest BCUT2D eigenvalue weighted by Crippen LogP contribution is -2.45. The van der Waals surface area contributed by atoms with Crippen LogP contribution in [0.3, 0.4) is 0 Å². The highest BCUT2D eigenvalue weighted by Gasteiger charge is 2.27. The molecule has 0 spiro atoms. The summed E-state index contributed by atoms with van der Waals surface area (Å²) in [6, 6.07) is 0.405. The standard InChI is InChI=1S/C10H13Cl2N3S/c1-6-7(2)16-4-3-15(6)9-8(11)5-13-10(12)14-9/h5-7H,3-4H2,1-2H3. The van der Waals surface area contributed by atoms with Crippen molar-refractivity contribution < 1.29 is 0 Å². The fraction of sp³-hybridized carbons (Fsp3) is 0.600. The SMILES string of the molecule is CC1SCCN(c2nc(Cl)ncc2Cl)C1C. The Bertz CT molecular complexity index is 388. The lowest BCUT2D eigenvalue weighted by atomic mass is 10.2. The second-order valence-corrected chi connectivity index (χ2v) is 6.05. The fourth-order valence-corrected chi connectivity index (χ4v) is 3.20. The molecule has 1 aromatic rings. The van der Waals surface area contributed by atoms with Crippen LogP contribution in [0.5, 0.6) is 0 Å². The molecule has 16 heavy (non-hydrogen) atoms. The van der Waals surface area contributed by atoms with Gasteiger partial charge in [-0.2, -0.15) is 16.7 Å². The van der Waals surface area contributed by atoms with Crippen LogP contribution in [0.4, 0.5) is 5.82 Å². The molecule has 1 aliphatic heterocycles. The summed E-state index contributed by atoms with van der Waals surface area (Å²) in [6.45, 7) is 5.35. The lowest BCUT2D eigenvalue weighted by molar-refractivity contribution is 0.620. The first-order valence-corrected chi connectivity index (χ1v) is 6.96. The van der Waals surface area contributed by atoms with Crippen LogP contribution in [0, 0.1) is 0 Å². The molecule has 0 N–H and O–H groups in total. The van der Waals surface area contributed by atoms with Gasteiger partial charge in [0.1, 0.15) is 5.02 Å². The number of nitrogens with zero attached hydrogens (tertiary/aromatic N) is 3. The Kier molecular flexibility index (Phi) is 3.82. The molecule has 2 heterocycles. The third-order valence-electron chi connectivity index (χ3n) is 2.85. The van der Waals surface area contributed by atoms with Gasteiger partial charge >= 0.3 is 0 Å². The molecule has 0 aromatic carbocycles. The quantitative estimate of drug-likeness (QED) is 0.738. The molecule has 1 aromatic heterocycles. The van der Waals surface area contributed by atoms with Crippen LogP contribution in [0.1, 0.15) is 13.8 Å². The molecule has 2 rings (SSSR count). The first-order valence-electron chi connectivity index (χ1n) is 5.16. The van der Waals surface area contributed by atoms with Crippen LogP contribution in [0.25, 0.3) is 0 Å². The van der Waals surface area contributed by atoms with Gasteiger partial charge in [-0.15, -0.1) is 0 Å². The Hall–Kier alpha value is -0.190. The van der Waals surface area contributed by atoms with Gasteiger partial charge in [-0.3, -0.25) is 0 Å². The van der Waals surface area contributed by atoms with E-state index < -0.39 is 0 Å². The Labute approximate surface area is 110 Å². The average Bonchev–Trinajstić information content (AvgIpc) is 2.26. The van der Waals surface area contributed by atoms with Crippen molar-refractivity contribution in [3.63, 3.8) is 0 Å². The van der Waals surface area contributed by atoms with E-state index in [4.69, 9.17) is 23.2 Å². The van der Waals surface area contributed by atoms with Crippen LogP contribution in [0.15, 0.2) is 6.20 Å². The van der Waals surface area contributed by atoms with Crippen molar-refractivity contribution in [1.29, 1.82) is 0 Å². The molecular weight excluding hydrogens is 265 g/mol. The fourth-order valence-electron chi connectivity index (χ4n) is 1.77. The summed E-state index contributed by atoms with van der Waals surface area (Å²) in [4.78, 5) is 10.3. The summed E-state index contributed by atoms with van der Waals surface area (Å²) in [7, 11) is 0. The van der Waals surface area contributed by atoms with E-state index in [2.05, 4.69) is 28.7 Å². The van der Waals surface area contributed by atoms with E-state index in [-0.39, 0.29) is 5.28 Å². The Morgan fingerprint density at radius 3 is 2.94 bits per heavy atom. The Balaban J connectivity index is 2.31. The normalized spacial score (nSPS) is 25.9. The zero-order valence-electron chi connectivity index (χ0n) is 9.15. The minimum absolute atomic E-state index is 0.248. The topological polar surface area (TPSA) is 29.0 Å². The number of thioether (sulfide) groups is 1. The molecule has 1 aliphatic rings. The second kappa shape index (κ2) is 4.98. The van der Waals surface area contributed by atoms with Crippen molar-refractivity contribution in [3.8, 4) is 0 Å². The third kappa shape index (κ3) is 2.39. The van der Waals surface area contributed by atoms with Crippen LogP contribution < -0.4 is 4.90 Å². The summed E-state index contributed by atoms with van der Waals surface area (Å²) in [5.74, 6) is 1.84. The highest BCUT2D eigenvalue weighted by molar-refractivity contribution is 8.00. The molecule has 2 atom stereocenters. The van der Waals surface area contributed by atoms with E-state index in [9.17, 15) is 0 Å². The molecule has 1 saturated heterocycles. The monoisotopic (exact) mass is 277 g/mol. The zero-order chi connectivity index (χ0) is 11.7. The minimum atomic E-state index is 0.248. The summed E-state index contributed by atoms with van der Waals surface area (Å²) in [5, 5.41) is 1.38. The number of rotatable bonds is 1. The van der Waals surface area contributed by atoms with E-state index >= 15 is 0 Å². The number of halogens is 2. The van der Waals surface area contributed by atoms with E-state index in [1.54, 1.807) is 6.20 Å². The smallest absolute Gasteiger partial charge is 0.224 e. The van der Waals surface area contributed by atoms with E-state index in [0.717, 1.165) is 18.1 Å². The first-order chi connectivity index (χ1) is 7.59. The maximum Gasteiger partial charge on any atom is 0.224 e. The van der Waals surface area contributed by atoms with E-state index in [1.165, 1.54) is 0 Å². The number of hydrogen-bond acceptors (Lipinski definition) is 4. The highest BCUT2D eigenvalue weighted by atomic mass is 35.5. The maximum atomic E-state index is 6.11. The van der Waals surface area contributed by atoms with Crippen molar-refractivity contribution in [2.24, 2.45) is 0 Å². The second-order valence-electron chi connectivity index (χ2n) is 3.82. The van der Waals surface area contributed by atoms with Crippen LogP contribution in [-0.2, 0) is 0 Å². The van der Waals surface area contributed by atoms with Gasteiger partial charge in [0.25, 0.3) is 0 Å². The van der Waals surface area contributed by atoms with Crippen LogP contribution in [-0.4, -0.2) is 33.6 Å². The summed E-state index contributed by atoms with van der Waals surface area (Å²) in [6.07, 6.45) is 1.56. The molecule has 0 bridgehead atoms. The predicted molar refractivity (Wildman–Crippen MR) is 70.8 cm³/mol. The molecule has 3 nitrogen and oxygen atoms in total. The van der Waals surface area contributed by atoms with Gasteiger partial charge in [0.2, 0.25) is 5.28 Å². The van der Waals surface area contributed by atoms with Crippen molar-refractivity contribution in [1.82, 2.24) is 9.97 Å². The van der Waals surface area contributed by atoms with E-state index in [0.29, 0.717) is 16.3 Å². The van der Waals surface area contributed by atoms with Crippen molar-refractivity contribution >= 4 is 40.8 Å². The molecule has 6 heteroatoms. The van der Waals surface area contributed by atoms with Crippen molar-refractivity contribution in [2.75, 3.05) is 17.2 Å². The average molecular weight is 278 g/mol. The molecule has 0 radical (unpaired) electrons. The molecule has 88 valence electrons. The summed E-state index contributed by atoms with van der Waals surface area (Å²) >= 11 is 13.9. The van der Waals surface area contributed by atoms with Gasteiger partial charge in [-0.1, -0.05) is 18.5 Å². The molecule has 0 amide bonds. The van der Waals surface area contributed by atoms with Crippen molar-refractivity contribution in [3.05, 3.63) is 16.5 Å². The Morgan fingerprint density at radius 1 is 1.44 bits per heavy atom. The maximum absolute atomic E-state index is 6.11.